The minimum atomic E-state index is 0.285. The van der Waals surface area contributed by atoms with Gasteiger partial charge in [-0.2, -0.15) is 4.99 Å². The molecule has 0 amide bonds. The number of aromatic nitrogens is 4. The zero-order chi connectivity index (χ0) is 24.1. The molecule has 0 bridgehead atoms. The van der Waals surface area contributed by atoms with Crippen LogP contribution in [-0.4, -0.2) is 62.1 Å². The van der Waals surface area contributed by atoms with Crippen LogP contribution in [0.5, 0.6) is 0 Å². The molecule has 3 heterocycles. The van der Waals surface area contributed by atoms with Gasteiger partial charge < -0.3 is 15.1 Å². The molecule has 176 valence electrons. The van der Waals surface area contributed by atoms with Gasteiger partial charge in [-0.05, 0) is 56.8 Å². The molecule has 1 saturated heterocycles. The molecule has 3 aromatic rings. The quantitative estimate of drug-likeness (QED) is 0.319. The van der Waals surface area contributed by atoms with Crippen LogP contribution in [0.4, 0.5) is 17.6 Å². The fraction of sp³-hybridized carbons (Fsp3) is 0.304. The number of halogens is 1. The predicted molar refractivity (Wildman–Crippen MR) is 141 cm³/mol. The van der Waals surface area contributed by atoms with Gasteiger partial charge in [0.05, 0.1) is 10.7 Å². The van der Waals surface area contributed by atoms with Crippen LogP contribution in [0.3, 0.4) is 0 Å². The molecule has 0 saturated carbocycles. The Morgan fingerprint density at radius 3 is 2.32 bits per heavy atom. The van der Waals surface area contributed by atoms with E-state index in [0.29, 0.717) is 35.7 Å². The van der Waals surface area contributed by atoms with Crippen molar-refractivity contribution < 1.29 is 0 Å². The number of hydrogen-bond acceptors (Lipinski definition) is 6. The molecule has 0 radical (unpaired) electrons. The van der Waals surface area contributed by atoms with E-state index in [1.54, 1.807) is 12.4 Å². The van der Waals surface area contributed by atoms with Crippen molar-refractivity contribution in [1.82, 2.24) is 24.8 Å². The van der Waals surface area contributed by atoms with Crippen LogP contribution in [0.1, 0.15) is 17.0 Å². The summed E-state index contributed by atoms with van der Waals surface area (Å²) in [7, 11) is 0. The first-order valence-electron chi connectivity index (χ1n) is 10.9. The summed E-state index contributed by atoms with van der Waals surface area (Å²) in [5.74, 6) is 1.76. The number of benzene rings is 1. The van der Waals surface area contributed by atoms with Gasteiger partial charge in [0, 0.05) is 50.0 Å². The van der Waals surface area contributed by atoms with E-state index in [1.807, 2.05) is 51.1 Å². The van der Waals surface area contributed by atoms with Crippen molar-refractivity contribution in [1.29, 1.82) is 0 Å². The molecule has 4 rings (SSSR count). The fourth-order valence-corrected chi connectivity index (χ4v) is 3.99. The Morgan fingerprint density at radius 1 is 0.971 bits per heavy atom. The minimum absolute atomic E-state index is 0.285. The molecule has 34 heavy (non-hydrogen) atoms. The van der Waals surface area contributed by atoms with Crippen LogP contribution >= 0.6 is 23.8 Å². The van der Waals surface area contributed by atoms with Gasteiger partial charge in [0.2, 0.25) is 23.0 Å². The highest BCUT2D eigenvalue weighted by atomic mass is 35.5. The van der Waals surface area contributed by atoms with Crippen LogP contribution in [-0.2, 0) is 0 Å². The van der Waals surface area contributed by atoms with Gasteiger partial charge in [-0.25, -0.2) is 19.9 Å². The first kappa shape index (κ1) is 23.8. The lowest BCUT2D eigenvalue weighted by Crippen LogP contribution is -2.51. The Labute approximate surface area is 209 Å². The number of nitrogens with zero attached hydrogens (tertiary/aromatic N) is 7. The summed E-state index contributed by atoms with van der Waals surface area (Å²) in [4.78, 5) is 26.7. The van der Waals surface area contributed by atoms with Gasteiger partial charge in [-0.3, -0.25) is 5.32 Å². The lowest BCUT2D eigenvalue weighted by atomic mass is 10.2. The molecule has 0 atom stereocenters. The molecule has 1 aliphatic heterocycles. The topological polar surface area (TPSA) is 94.5 Å². The van der Waals surface area contributed by atoms with E-state index in [-0.39, 0.29) is 5.11 Å². The number of nitrogens with one attached hydrogen (secondary N) is 2. The molecule has 9 nitrogen and oxygen atoms in total. The molecule has 2 N–H and O–H groups in total. The van der Waals surface area contributed by atoms with Crippen molar-refractivity contribution in [2.75, 3.05) is 41.7 Å². The molecule has 0 unspecified atom stereocenters. The summed E-state index contributed by atoms with van der Waals surface area (Å²) < 4.78 is 0. The molecule has 1 fully saturated rings. The molecule has 1 aromatic carbocycles. The number of anilines is 3. The molecule has 2 aromatic heterocycles. The van der Waals surface area contributed by atoms with Crippen molar-refractivity contribution in [2.24, 2.45) is 4.99 Å². The van der Waals surface area contributed by atoms with E-state index in [2.05, 4.69) is 45.4 Å². The first-order chi connectivity index (χ1) is 16.4. The average molecular weight is 496 g/mol. The van der Waals surface area contributed by atoms with Gasteiger partial charge in [0.1, 0.15) is 0 Å². The average Bonchev–Trinajstić information content (AvgIpc) is 2.82. The molecular weight excluding hydrogens is 470 g/mol. The van der Waals surface area contributed by atoms with Gasteiger partial charge in [0.25, 0.3) is 0 Å². The SMILES string of the molecule is Cc1cc(C)nc(N/C(=N/C(=S)Nc2cccc(C)c2Cl)N2CCN(c3ncccn3)CC2)n1. The van der Waals surface area contributed by atoms with Crippen LogP contribution in [0, 0.1) is 20.8 Å². The Balaban J connectivity index is 1.55. The smallest absolute Gasteiger partial charge is 0.229 e. The maximum absolute atomic E-state index is 6.43. The standard InChI is InChI=1S/C23H26ClN9S/c1-15-6-4-7-18(19(15)24)29-23(34)31-22(30-20-27-16(2)14-17(3)28-20)33-12-10-32(11-13-33)21-25-8-5-9-26-21/h4-9,14H,10-13H2,1-3H3,(H2,27,28,29,30,31,34). The fourth-order valence-electron chi connectivity index (χ4n) is 3.62. The number of aliphatic imine (C=N–C) groups is 1. The maximum Gasteiger partial charge on any atom is 0.229 e. The van der Waals surface area contributed by atoms with E-state index < -0.39 is 0 Å². The Bertz CT molecular complexity index is 1170. The van der Waals surface area contributed by atoms with E-state index in [0.717, 1.165) is 36.0 Å². The summed E-state index contributed by atoms with van der Waals surface area (Å²) in [6, 6.07) is 9.47. The van der Waals surface area contributed by atoms with Crippen molar-refractivity contribution in [3.8, 4) is 0 Å². The van der Waals surface area contributed by atoms with E-state index in [4.69, 9.17) is 23.8 Å². The molecule has 0 aliphatic carbocycles. The second-order valence-electron chi connectivity index (χ2n) is 7.92. The minimum Gasteiger partial charge on any atom is -0.339 e. The largest absolute Gasteiger partial charge is 0.339 e. The Morgan fingerprint density at radius 2 is 1.65 bits per heavy atom. The second-order valence-corrected chi connectivity index (χ2v) is 8.69. The summed E-state index contributed by atoms with van der Waals surface area (Å²) in [5.41, 5.74) is 3.41. The van der Waals surface area contributed by atoms with Crippen molar-refractivity contribution in [3.63, 3.8) is 0 Å². The number of piperazine rings is 1. The van der Waals surface area contributed by atoms with Crippen LogP contribution in [0.15, 0.2) is 47.7 Å². The number of aryl methyl sites for hydroxylation is 3. The molecular formula is C23H26ClN9S. The van der Waals surface area contributed by atoms with Gasteiger partial charge >= 0.3 is 0 Å². The highest BCUT2D eigenvalue weighted by Gasteiger charge is 2.23. The van der Waals surface area contributed by atoms with Crippen LogP contribution in [0.25, 0.3) is 0 Å². The van der Waals surface area contributed by atoms with Crippen molar-refractivity contribution in [2.45, 2.75) is 20.8 Å². The van der Waals surface area contributed by atoms with Gasteiger partial charge in [0.15, 0.2) is 0 Å². The third-order valence-corrected chi connectivity index (χ3v) is 5.96. The highest BCUT2D eigenvalue weighted by molar-refractivity contribution is 7.80. The molecule has 11 heteroatoms. The third-order valence-electron chi connectivity index (χ3n) is 5.26. The normalized spacial score (nSPS) is 14.2. The van der Waals surface area contributed by atoms with E-state index >= 15 is 0 Å². The summed E-state index contributed by atoms with van der Waals surface area (Å²) in [6.45, 7) is 8.68. The summed E-state index contributed by atoms with van der Waals surface area (Å²) >= 11 is 12.0. The third kappa shape index (κ3) is 5.95. The first-order valence-corrected chi connectivity index (χ1v) is 11.7. The van der Waals surface area contributed by atoms with E-state index in [9.17, 15) is 0 Å². The van der Waals surface area contributed by atoms with Crippen LogP contribution in [0.2, 0.25) is 5.02 Å². The Hall–Kier alpha value is -3.37. The van der Waals surface area contributed by atoms with Crippen molar-refractivity contribution >= 4 is 52.5 Å². The number of guanidine groups is 1. The van der Waals surface area contributed by atoms with Gasteiger partial charge in [-0.15, -0.1) is 0 Å². The van der Waals surface area contributed by atoms with Crippen molar-refractivity contribution in [3.05, 3.63) is 64.7 Å². The van der Waals surface area contributed by atoms with E-state index in [1.165, 1.54) is 0 Å². The zero-order valence-corrected chi connectivity index (χ0v) is 20.9. The lowest BCUT2D eigenvalue weighted by Gasteiger charge is -2.36. The predicted octanol–water partition coefficient (Wildman–Crippen LogP) is 3.83. The van der Waals surface area contributed by atoms with Gasteiger partial charge in [-0.1, -0.05) is 23.7 Å². The monoisotopic (exact) mass is 495 g/mol. The summed E-state index contributed by atoms with van der Waals surface area (Å²) in [5, 5.41) is 7.31. The Kier molecular flexibility index (Phi) is 7.49. The number of rotatable bonds is 3. The maximum atomic E-state index is 6.43. The lowest BCUT2D eigenvalue weighted by molar-refractivity contribution is 0.382. The zero-order valence-electron chi connectivity index (χ0n) is 19.3. The van der Waals surface area contributed by atoms with Crippen LogP contribution < -0.4 is 15.5 Å². The second kappa shape index (κ2) is 10.7. The summed E-state index contributed by atoms with van der Waals surface area (Å²) in [6.07, 6.45) is 3.50. The molecule has 1 aliphatic rings. The number of thiocarbonyl (C=S) groups is 1. The molecule has 0 spiro atoms. The number of hydrogen-bond donors (Lipinski definition) is 2. The highest BCUT2D eigenvalue weighted by Crippen LogP contribution is 2.25.